The summed E-state index contributed by atoms with van der Waals surface area (Å²) in [6.07, 6.45) is 3.41. The van der Waals surface area contributed by atoms with E-state index >= 15 is 0 Å². The van der Waals surface area contributed by atoms with Crippen molar-refractivity contribution in [2.24, 2.45) is 0 Å². The van der Waals surface area contributed by atoms with E-state index in [2.05, 4.69) is 4.98 Å². The Kier molecular flexibility index (Phi) is 2.05. The SMILES string of the molecule is c1cncc(Oc2ccsc2)c1. The Morgan fingerprint density at radius 1 is 1.25 bits per heavy atom. The number of thiophene rings is 1. The van der Waals surface area contributed by atoms with Crippen LogP contribution in [-0.2, 0) is 0 Å². The lowest BCUT2D eigenvalue weighted by atomic mass is 10.4. The summed E-state index contributed by atoms with van der Waals surface area (Å²) in [4.78, 5) is 3.94. The topological polar surface area (TPSA) is 22.1 Å². The first-order chi connectivity index (χ1) is 5.95. The molecule has 0 unspecified atom stereocenters. The molecule has 12 heavy (non-hydrogen) atoms. The van der Waals surface area contributed by atoms with Crippen molar-refractivity contribution in [2.45, 2.75) is 0 Å². The van der Waals surface area contributed by atoms with Crippen molar-refractivity contribution in [3.05, 3.63) is 41.4 Å². The fourth-order valence-electron chi connectivity index (χ4n) is 0.854. The highest BCUT2D eigenvalue weighted by Gasteiger charge is 1.94. The van der Waals surface area contributed by atoms with Crippen LogP contribution in [0.2, 0.25) is 0 Å². The van der Waals surface area contributed by atoms with Crippen LogP contribution in [-0.4, -0.2) is 4.98 Å². The fourth-order valence-corrected chi connectivity index (χ4v) is 1.41. The van der Waals surface area contributed by atoms with Crippen molar-refractivity contribution in [3.63, 3.8) is 0 Å². The summed E-state index contributed by atoms with van der Waals surface area (Å²) in [7, 11) is 0. The number of aromatic nitrogens is 1. The maximum absolute atomic E-state index is 5.47. The summed E-state index contributed by atoms with van der Waals surface area (Å²) in [5.41, 5.74) is 0. The van der Waals surface area contributed by atoms with Crippen LogP contribution in [0.4, 0.5) is 0 Å². The molecule has 0 fully saturated rings. The number of hydrogen-bond acceptors (Lipinski definition) is 3. The molecule has 0 aliphatic rings. The molecular formula is C9H7NOS. The molecule has 2 aromatic heterocycles. The highest BCUT2D eigenvalue weighted by Crippen LogP contribution is 2.21. The van der Waals surface area contributed by atoms with E-state index in [4.69, 9.17) is 4.74 Å². The standard InChI is InChI=1S/C9H7NOS/c1-2-8(6-10-4-1)11-9-3-5-12-7-9/h1-7H. The summed E-state index contributed by atoms with van der Waals surface area (Å²) in [5.74, 6) is 1.64. The van der Waals surface area contributed by atoms with Crippen LogP contribution < -0.4 is 4.74 Å². The Balaban J connectivity index is 2.15. The van der Waals surface area contributed by atoms with Crippen molar-refractivity contribution in [2.75, 3.05) is 0 Å². The van der Waals surface area contributed by atoms with E-state index in [0.29, 0.717) is 0 Å². The molecule has 0 bridgehead atoms. The van der Waals surface area contributed by atoms with Crippen LogP contribution in [0.3, 0.4) is 0 Å². The van der Waals surface area contributed by atoms with Gasteiger partial charge in [-0.2, -0.15) is 0 Å². The average molecular weight is 177 g/mol. The maximum atomic E-state index is 5.47. The molecule has 2 aromatic rings. The van der Waals surface area contributed by atoms with Gasteiger partial charge in [-0.3, -0.25) is 4.98 Å². The van der Waals surface area contributed by atoms with Gasteiger partial charge in [0.15, 0.2) is 0 Å². The first-order valence-corrected chi connectivity index (χ1v) is 4.49. The van der Waals surface area contributed by atoms with Crippen LogP contribution in [0.15, 0.2) is 41.4 Å². The van der Waals surface area contributed by atoms with Crippen molar-refractivity contribution in [3.8, 4) is 11.5 Å². The van der Waals surface area contributed by atoms with E-state index in [9.17, 15) is 0 Å². The Bertz CT molecular complexity index is 331. The minimum absolute atomic E-state index is 0.774. The third kappa shape index (κ3) is 1.62. The molecule has 2 nitrogen and oxygen atoms in total. The molecule has 0 aliphatic carbocycles. The number of ether oxygens (including phenoxy) is 1. The zero-order valence-electron chi connectivity index (χ0n) is 6.31. The highest BCUT2D eigenvalue weighted by atomic mass is 32.1. The first-order valence-electron chi connectivity index (χ1n) is 3.55. The zero-order chi connectivity index (χ0) is 8.23. The zero-order valence-corrected chi connectivity index (χ0v) is 7.12. The second kappa shape index (κ2) is 3.36. The molecule has 2 heterocycles. The van der Waals surface area contributed by atoms with Gasteiger partial charge in [0.2, 0.25) is 0 Å². The normalized spacial score (nSPS) is 9.67. The van der Waals surface area contributed by atoms with E-state index in [1.807, 2.05) is 29.0 Å². The summed E-state index contributed by atoms with van der Waals surface area (Å²) in [6.45, 7) is 0. The van der Waals surface area contributed by atoms with Crippen molar-refractivity contribution < 1.29 is 4.74 Å². The predicted molar refractivity (Wildman–Crippen MR) is 48.6 cm³/mol. The summed E-state index contributed by atoms with van der Waals surface area (Å²) in [5, 5.41) is 3.93. The molecule has 0 radical (unpaired) electrons. The summed E-state index contributed by atoms with van der Waals surface area (Å²) in [6, 6.07) is 5.66. The molecule has 2 rings (SSSR count). The second-order valence-electron chi connectivity index (χ2n) is 2.25. The van der Waals surface area contributed by atoms with Gasteiger partial charge >= 0.3 is 0 Å². The van der Waals surface area contributed by atoms with Gasteiger partial charge in [-0.25, -0.2) is 0 Å². The van der Waals surface area contributed by atoms with Gasteiger partial charge in [-0.1, -0.05) is 0 Å². The number of pyridine rings is 1. The van der Waals surface area contributed by atoms with Crippen LogP contribution in [0.1, 0.15) is 0 Å². The van der Waals surface area contributed by atoms with Crippen molar-refractivity contribution >= 4 is 11.3 Å². The van der Waals surface area contributed by atoms with Gasteiger partial charge < -0.3 is 4.74 Å². The molecule has 0 saturated heterocycles. The number of rotatable bonds is 2. The largest absolute Gasteiger partial charge is 0.455 e. The van der Waals surface area contributed by atoms with E-state index in [1.165, 1.54) is 0 Å². The number of hydrogen-bond donors (Lipinski definition) is 0. The Morgan fingerprint density at radius 2 is 2.25 bits per heavy atom. The average Bonchev–Trinajstić information content (AvgIpc) is 2.59. The van der Waals surface area contributed by atoms with Crippen LogP contribution in [0.5, 0.6) is 11.5 Å². The number of nitrogens with zero attached hydrogens (tertiary/aromatic N) is 1. The molecule has 0 amide bonds. The van der Waals surface area contributed by atoms with Crippen LogP contribution in [0.25, 0.3) is 0 Å². The predicted octanol–water partition coefficient (Wildman–Crippen LogP) is 2.94. The quantitative estimate of drug-likeness (QED) is 0.703. The molecule has 0 saturated carbocycles. The second-order valence-corrected chi connectivity index (χ2v) is 3.03. The Morgan fingerprint density at radius 3 is 2.92 bits per heavy atom. The van der Waals surface area contributed by atoms with Crippen molar-refractivity contribution in [1.29, 1.82) is 0 Å². The molecule has 0 aromatic carbocycles. The van der Waals surface area contributed by atoms with Gasteiger partial charge in [0.25, 0.3) is 0 Å². The van der Waals surface area contributed by atoms with Gasteiger partial charge in [-0.15, -0.1) is 11.3 Å². The third-order valence-electron chi connectivity index (χ3n) is 1.37. The fraction of sp³-hybridized carbons (Fsp3) is 0. The van der Waals surface area contributed by atoms with E-state index < -0.39 is 0 Å². The smallest absolute Gasteiger partial charge is 0.145 e. The van der Waals surface area contributed by atoms with E-state index in [-0.39, 0.29) is 0 Å². The molecule has 0 N–H and O–H groups in total. The van der Waals surface area contributed by atoms with E-state index in [1.54, 1.807) is 23.7 Å². The molecule has 0 aliphatic heterocycles. The lowest BCUT2D eigenvalue weighted by molar-refractivity contribution is 0.482. The third-order valence-corrected chi connectivity index (χ3v) is 2.03. The minimum Gasteiger partial charge on any atom is -0.455 e. The first kappa shape index (κ1) is 7.31. The van der Waals surface area contributed by atoms with Gasteiger partial charge in [0.05, 0.1) is 6.20 Å². The van der Waals surface area contributed by atoms with Crippen LogP contribution in [0, 0.1) is 0 Å². The van der Waals surface area contributed by atoms with Gasteiger partial charge in [0.1, 0.15) is 11.5 Å². The van der Waals surface area contributed by atoms with Crippen LogP contribution >= 0.6 is 11.3 Å². The summed E-state index contributed by atoms with van der Waals surface area (Å²) < 4.78 is 5.47. The summed E-state index contributed by atoms with van der Waals surface area (Å²) >= 11 is 1.61. The van der Waals surface area contributed by atoms with Crippen molar-refractivity contribution in [1.82, 2.24) is 4.98 Å². The monoisotopic (exact) mass is 177 g/mol. The lowest BCUT2D eigenvalue weighted by Gasteiger charge is -1.99. The minimum atomic E-state index is 0.774. The maximum Gasteiger partial charge on any atom is 0.145 e. The molecular weight excluding hydrogens is 170 g/mol. The molecule has 3 heteroatoms. The molecule has 0 spiro atoms. The van der Waals surface area contributed by atoms with Gasteiger partial charge in [-0.05, 0) is 23.6 Å². The highest BCUT2D eigenvalue weighted by molar-refractivity contribution is 7.08. The Hall–Kier alpha value is -1.35. The molecule has 0 atom stereocenters. The van der Waals surface area contributed by atoms with Gasteiger partial charge in [0, 0.05) is 11.6 Å². The Labute approximate surface area is 74.5 Å². The molecule has 60 valence electrons. The lowest BCUT2D eigenvalue weighted by Crippen LogP contribution is -1.81. The van der Waals surface area contributed by atoms with E-state index in [0.717, 1.165) is 11.5 Å².